The molecule has 1 aliphatic heterocycles. The van der Waals surface area contributed by atoms with Crippen molar-refractivity contribution in [2.45, 2.75) is 25.8 Å². The van der Waals surface area contributed by atoms with Crippen molar-refractivity contribution in [2.24, 2.45) is 5.92 Å². The summed E-state index contributed by atoms with van der Waals surface area (Å²) in [6, 6.07) is 20.4. The van der Waals surface area contributed by atoms with E-state index in [1.807, 2.05) is 18.2 Å². The zero-order valence-electron chi connectivity index (χ0n) is 19.0. The van der Waals surface area contributed by atoms with E-state index < -0.39 is 12.0 Å². The minimum absolute atomic E-state index is 0.0140. The summed E-state index contributed by atoms with van der Waals surface area (Å²) in [5.74, 6) is 0.429. The van der Waals surface area contributed by atoms with Crippen LogP contribution in [0.5, 0.6) is 0 Å². The van der Waals surface area contributed by atoms with Crippen molar-refractivity contribution in [1.29, 1.82) is 0 Å². The quantitative estimate of drug-likeness (QED) is 0.318. The highest BCUT2D eigenvalue weighted by Gasteiger charge is 2.38. The molecule has 0 amide bonds. The van der Waals surface area contributed by atoms with Gasteiger partial charge in [0.05, 0.1) is 10.6 Å². The normalized spacial score (nSPS) is 19.3. The first kappa shape index (κ1) is 21.7. The number of carbonyl (C=O) groups is 2. The SMILES string of the molecule is C[C@H]1CC(=O)C2=C(C1)c1c(ccc3ccccc13)N[C@H]2c1ccc(-c2ccc(Cl)c(C(=O)O)c2)o1. The Hall–Kier alpha value is -3.83. The molecule has 2 aliphatic rings. The van der Waals surface area contributed by atoms with Crippen LogP contribution in [0.2, 0.25) is 5.02 Å². The zero-order chi connectivity index (χ0) is 24.3. The average molecular weight is 484 g/mol. The van der Waals surface area contributed by atoms with Crippen molar-refractivity contribution < 1.29 is 19.1 Å². The number of allylic oxidation sites excluding steroid dienone is 1. The van der Waals surface area contributed by atoms with E-state index in [9.17, 15) is 14.7 Å². The molecule has 1 aliphatic carbocycles. The van der Waals surface area contributed by atoms with Gasteiger partial charge < -0.3 is 14.8 Å². The van der Waals surface area contributed by atoms with Crippen LogP contribution >= 0.6 is 11.6 Å². The van der Waals surface area contributed by atoms with Crippen LogP contribution in [-0.4, -0.2) is 16.9 Å². The fraction of sp³-hybridized carbons (Fsp3) is 0.172. The third-order valence-corrected chi connectivity index (χ3v) is 7.25. The number of hydrogen-bond acceptors (Lipinski definition) is 4. The van der Waals surface area contributed by atoms with E-state index in [4.69, 9.17) is 16.0 Å². The summed E-state index contributed by atoms with van der Waals surface area (Å²) in [6.45, 7) is 2.12. The molecule has 6 heteroatoms. The number of carboxylic acids is 1. The number of aromatic carboxylic acids is 1. The lowest BCUT2D eigenvalue weighted by Crippen LogP contribution is -2.29. The predicted octanol–water partition coefficient (Wildman–Crippen LogP) is 7.37. The summed E-state index contributed by atoms with van der Waals surface area (Å²) in [4.78, 5) is 24.9. The van der Waals surface area contributed by atoms with Crippen molar-refractivity contribution in [1.82, 2.24) is 0 Å². The van der Waals surface area contributed by atoms with Crippen LogP contribution in [0.15, 0.2) is 76.7 Å². The summed E-state index contributed by atoms with van der Waals surface area (Å²) < 4.78 is 6.23. The van der Waals surface area contributed by atoms with E-state index in [-0.39, 0.29) is 22.3 Å². The van der Waals surface area contributed by atoms with Gasteiger partial charge in [-0.15, -0.1) is 0 Å². The van der Waals surface area contributed by atoms with Crippen molar-refractivity contribution >= 4 is 45.4 Å². The number of halogens is 1. The van der Waals surface area contributed by atoms with Gasteiger partial charge in [0.2, 0.25) is 0 Å². The molecule has 0 radical (unpaired) electrons. The lowest BCUT2D eigenvalue weighted by molar-refractivity contribution is -0.116. The molecule has 174 valence electrons. The Morgan fingerprint density at radius 2 is 1.89 bits per heavy atom. The molecular formula is C29H22ClNO4. The second-order valence-electron chi connectivity index (χ2n) is 9.32. The van der Waals surface area contributed by atoms with Crippen LogP contribution in [0.25, 0.3) is 27.7 Å². The number of Topliss-reactive ketones (excluding diaryl/α,β-unsaturated/α-hetero) is 1. The Bertz CT molecular complexity index is 1560. The standard InChI is InChI=1S/C29H22ClNO4/c1-15-12-20-26-18-5-3-2-4-16(18)7-9-22(26)31-28(27(20)23(32)13-15)25-11-10-24(35-25)17-6-8-21(30)19(14-17)29(33)34/h2-11,14-15,28,31H,12-13H2,1H3,(H,33,34)/t15-,28+/m1/s1. The molecule has 1 aromatic heterocycles. The van der Waals surface area contributed by atoms with Crippen molar-refractivity contribution in [3.63, 3.8) is 0 Å². The largest absolute Gasteiger partial charge is 0.478 e. The monoisotopic (exact) mass is 483 g/mol. The summed E-state index contributed by atoms with van der Waals surface area (Å²) in [6.07, 6.45) is 1.33. The number of nitrogens with one attached hydrogen (secondary N) is 1. The van der Waals surface area contributed by atoms with E-state index in [0.29, 0.717) is 23.5 Å². The molecule has 0 saturated heterocycles. The molecule has 4 aromatic rings. The fourth-order valence-electron chi connectivity index (χ4n) is 5.36. The first-order valence-electron chi connectivity index (χ1n) is 11.6. The third kappa shape index (κ3) is 3.55. The predicted molar refractivity (Wildman–Crippen MR) is 137 cm³/mol. The highest BCUT2D eigenvalue weighted by molar-refractivity contribution is 6.33. The molecule has 35 heavy (non-hydrogen) atoms. The van der Waals surface area contributed by atoms with Crippen molar-refractivity contribution in [3.05, 3.63) is 94.2 Å². The molecule has 0 fully saturated rings. The van der Waals surface area contributed by atoms with Gasteiger partial charge in [0, 0.05) is 28.8 Å². The number of rotatable bonds is 3. The van der Waals surface area contributed by atoms with Crippen LogP contribution in [0.3, 0.4) is 0 Å². The highest BCUT2D eigenvalue weighted by Crippen LogP contribution is 2.49. The van der Waals surface area contributed by atoms with Crippen LogP contribution in [0, 0.1) is 5.92 Å². The molecule has 3 aromatic carbocycles. The van der Waals surface area contributed by atoms with Gasteiger partial charge in [-0.2, -0.15) is 0 Å². The summed E-state index contributed by atoms with van der Waals surface area (Å²) in [7, 11) is 0. The van der Waals surface area contributed by atoms with E-state index in [1.54, 1.807) is 18.2 Å². The van der Waals surface area contributed by atoms with Crippen molar-refractivity contribution in [3.8, 4) is 11.3 Å². The maximum atomic E-state index is 13.4. The highest BCUT2D eigenvalue weighted by atomic mass is 35.5. The molecule has 0 spiro atoms. The Balaban J connectivity index is 1.48. The molecule has 5 nitrogen and oxygen atoms in total. The molecule has 6 rings (SSSR count). The topological polar surface area (TPSA) is 79.5 Å². The van der Waals surface area contributed by atoms with Crippen LogP contribution < -0.4 is 5.32 Å². The van der Waals surface area contributed by atoms with Crippen LogP contribution in [-0.2, 0) is 4.79 Å². The van der Waals surface area contributed by atoms with Crippen LogP contribution in [0.4, 0.5) is 5.69 Å². The molecular weight excluding hydrogens is 462 g/mol. The lowest BCUT2D eigenvalue weighted by atomic mass is 9.74. The Morgan fingerprint density at radius 3 is 2.71 bits per heavy atom. The van der Waals surface area contributed by atoms with E-state index >= 15 is 0 Å². The summed E-state index contributed by atoms with van der Waals surface area (Å²) in [5.41, 5.74) is 4.55. The average Bonchev–Trinajstić information content (AvgIpc) is 3.33. The number of ketones is 1. The smallest absolute Gasteiger partial charge is 0.337 e. The Morgan fingerprint density at radius 1 is 1.06 bits per heavy atom. The number of anilines is 1. The van der Waals surface area contributed by atoms with Gasteiger partial charge in [0.1, 0.15) is 17.6 Å². The van der Waals surface area contributed by atoms with Gasteiger partial charge in [0.25, 0.3) is 0 Å². The lowest BCUT2D eigenvalue weighted by Gasteiger charge is -2.35. The second kappa shape index (κ2) is 8.14. The molecule has 2 atom stereocenters. The molecule has 2 N–H and O–H groups in total. The van der Waals surface area contributed by atoms with Gasteiger partial charge in [-0.1, -0.05) is 48.9 Å². The van der Waals surface area contributed by atoms with E-state index in [1.165, 1.54) is 6.07 Å². The number of fused-ring (bicyclic) bond motifs is 4. The maximum Gasteiger partial charge on any atom is 0.337 e. The van der Waals surface area contributed by atoms with Gasteiger partial charge in [-0.25, -0.2) is 4.79 Å². The van der Waals surface area contributed by atoms with Gasteiger partial charge in [-0.3, -0.25) is 4.79 Å². The van der Waals surface area contributed by atoms with Gasteiger partial charge in [0.15, 0.2) is 5.78 Å². The molecule has 2 heterocycles. The molecule has 0 bridgehead atoms. The number of hydrogen-bond donors (Lipinski definition) is 2. The van der Waals surface area contributed by atoms with Crippen LogP contribution in [0.1, 0.15) is 47.5 Å². The maximum absolute atomic E-state index is 13.4. The number of carbonyl (C=O) groups excluding carboxylic acids is 1. The van der Waals surface area contributed by atoms with E-state index in [2.05, 4.69) is 36.5 Å². The van der Waals surface area contributed by atoms with E-state index in [0.717, 1.165) is 39.6 Å². The number of benzene rings is 3. The first-order valence-corrected chi connectivity index (χ1v) is 12.0. The van der Waals surface area contributed by atoms with Gasteiger partial charge in [-0.05, 0) is 65.1 Å². The minimum Gasteiger partial charge on any atom is -0.478 e. The first-order chi connectivity index (χ1) is 16.9. The molecule has 0 saturated carbocycles. The third-order valence-electron chi connectivity index (χ3n) is 6.92. The molecule has 0 unspecified atom stereocenters. The number of furan rings is 1. The second-order valence-corrected chi connectivity index (χ2v) is 9.72. The Labute approximate surface area is 207 Å². The zero-order valence-corrected chi connectivity index (χ0v) is 19.7. The number of carboxylic acid groups (broad SMARTS) is 1. The fourth-order valence-corrected chi connectivity index (χ4v) is 5.56. The summed E-state index contributed by atoms with van der Waals surface area (Å²) >= 11 is 6.03. The van der Waals surface area contributed by atoms with Gasteiger partial charge >= 0.3 is 5.97 Å². The van der Waals surface area contributed by atoms with Crippen molar-refractivity contribution in [2.75, 3.05) is 5.32 Å². The summed E-state index contributed by atoms with van der Waals surface area (Å²) in [5, 5.41) is 15.4. The minimum atomic E-state index is -1.10. The Kier molecular flexibility index (Phi) is 5.04.